The van der Waals surface area contributed by atoms with Gasteiger partial charge in [-0.1, -0.05) is 24.3 Å². The number of rotatable bonds is 6. The molecule has 1 atom stereocenters. The maximum absolute atomic E-state index is 13.4. The van der Waals surface area contributed by atoms with Crippen LogP contribution >= 0.6 is 0 Å². The molecule has 6 heteroatoms. The lowest BCUT2D eigenvalue weighted by Crippen LogP contribution is -2.42. The number of benzene rings is 1. The molecule has 1 aromatic heterocycles. The van der Waals surface area contributed by atoms with Gasteiger partial charge in [-0.2, -0.15) is 5.10 Å². The summed E-state index contributed by atoms with van der Waals surface area (Å²) in [5, 5.41) is 4.27. The van der Waals surface area contributed by atoms with Gasteiger partial charge in [0.2, 0.25) is 5.91 Å². The van der Waals surface area contributed by atoms with Crippen molar-refractivity contribution in [1.82, 2.24) is 19.6 Å². The molecule has 0 bridgehead atoms. The fourth-order valence-corrected chi connectivity index (χ4v) is 4.70. The lowest BCUT2D eigenvalue weighted by Gasteiger charge is -2.36. The Balaban J connectivity index is 1.37. The summed E-state index contributed by atoms with van der Waals surface area (Å²) in [5.41, 5.74) is 2.36. The number of methoxy groups -OCH3 is 1. The molecule has 0 radical (unpaired) electrons. The van der Waals surface area contributed by atoms with Crippen LogP contribution in [0.15, 0.2) is 48.7 Å². The third kappa shape index (κ3) is 4.75. The number of piperidine rings is 1. The fraction of sp³-hybridized carbons (Fsp3) is 0.500. The quantitative estimate of drug-likeness (QED) is 0.689. The van der Waals surface area contributed by atoms with Crippen LogP contribution in [0.5, 0.6) is 5.75 Å². The summed E-state index contributed by atoms with van der Waals surface area (Å²) in [6.45, 7) is 4.34. The highest BCUT2D eigenvalue weighted by Crippen LogP contribution is 2.31. The first-order chi connectivity index (χ1) is 14.6. The molecule has 0 N–H and O–H groups in total. The zero-order valence-corrected chi connectivity index (χ0v) is 18.0. The molecule has 1 fully saturated rings. The third-order valence-corrected chi connectivity index (χ3v) is 6.53. The molecule has 1 aromatic carbocycles. The van der Waals surface area contributed by atoms with Crippen LogP contribution in [0, 0.1) is 11.8 Å². The minimum atomic E-state index is 0.0909. The number of nitrogens with zero attached hydrogens (tertiary/aromatic N) is 4. The van der Waals surface area contributed by atoms with Crippen molar-refractivity contribution >= 4 is 5.91 Å². The van der Waals surface area contributed by atoms with E-state index < -0.39 is 0 Å². The van der Waals surface area contributed by atoms with Crippen LogP contribution in [0.25, 0.3) is 0 Å². The number of likely N-dealkylation sites (tertiary alicyclic amines) is 1. The molecule has 2 aliphatic rings. The van der Waals surface area contributed by atoms with Gasteiger partial charge in [-0.3, -0.25) is 14.4 Å². The molecule has 1 unspecified atom stereocenters. The molecule has 3 heterocycles. The van der Waals surface area contributed by atoms with E-state index in [4.69, 9.17) is 4.74 Å². The van der Waals surface area contributed by atoms with Crippen LogP contribution in [0.4, 0.5) is 0 Å². The fourth-order valence-electron chi connectivity index (χ4n) is 4.70. The van der Waals surface area contributed by atoms with E-state index in [1.165, 1.54) is 5.69 Å². The minimum Gasteiger partial charge on any atom is -0.497 e. The second-order valence-electron chi connectivity index (χ2n) is 8.44. The lowest BCUT2D eigenvalue weighted by molar-refractivity contribution is -0.137. The van der Waals surface area contributed by atoms with Crippen molar-refractivity contribution in [2.45, 2.75) is 32.4 Å². The van der Waals surface area contributed by atoms with Crippen LogP contribution in [0.1, 0.15) is 30.5 Å². The standard InChI is InChI=1S/C24H32N4O2/c1-26-21(9-12-25-26)18-27-14-10-20(11-15-27)23-8-3-4-13-28(24(23)29)17-19-6-5-7-22(16-19)30-2/h3-7,9,12,16,20,23H,8,10-11,13-15,17-18H2,1-2H3. The van der Waals surface area contributed by atoms with Gasteiger partial charge in [-0.25, -0.2) is 0 Å². The summed E-state index contributed by atoms with van der Waals surface area (Å²) in [6.07, 6.45) is 9.23. The Hall–Kier alpha value is -2.60. The molecule has 160 valence electrons. The van der Waals surface area contributed by atoms with Gasteiger partial charge in [-0.15, -0.1) is 0 Å². The number of carbonyl (C=O) groups is 1. The number of hydrogen-bond acceptors (Lipinski definition) is 4. The van der Waals surface area contributed by atoms with E-state index in [2.05, 4.69) is 34.3 Å². The van der Waals surface area contributed by atoms with Crippen LogP contribution in [-0.2, 0) is 24.9 Å². The van der Waals surface area contributed by atoms with E-state index in [-0.39, 0.29) is 5.92 Å². The molecule has 6 nitrogen and oxygen atoms in total. The second-order valence-corrected chi connectivity index (χ2v) is 8.44. The second kappa shape index (κ2) is 9.47. The SMILES string of the molecule is COc1cccc(CN2CC=CCC(C3CCN(Cc4ccnn4C)CC3)C2=O)c1. The van der Waals surface area contributed by atoms with E-state index in [0.29, 0.717) is 24.9 Å². The summed E-state index contributed by atoms with van der Waals surface area (Å²) in [6, 6.07) is 10.1. The molecule has 1 saturated heterocycles. The highest BCUT2D eigenvalue weighted by atomic mass is 16.5. The van der Waals surface area contributed by atoms with E-state index in [0.717, 1.165) is 50.2 Å². The zero-order chi connectivity index (χ0) is 20.9. The number of amides is 1. The van der Waals surface area contributed by atoms with E-state index >= 15 is 0 Å². The van der Waals surface area contributed by atoms with E-state index in [1.807, 2.05) is 41.0 Å². The summed E-state index contributed by atoms with van der Waals surface area (Å²) in [7, 11) is 3.67. The largest absolute Gasteiger partial charge is 0.497 e. The van der Waals surface area contributed by atoms with Gasteiger partial charge in [0, 0.05) is 38.8 Å². The van der Waals surface area contributed by atoms with Crippen molar-refractivity contribution < 1.29 is 9.53 Å². The lowest BCUT2D eigenvalue weighted by atomic mass is 9.81. The normalized spacial score (nSPS) is 21.1. The molecule has 2 aliphatic heterocycles. The maximum Gasteiger partial charge on any atom is 0.226 e. The Labute approximate surface area is 179 Å². The van der Waals surface area contributed by atoms with Gasteiger partial charge < -0.3 is 9.64 Å². The van der Waals surface area contributed by atoms with Crippen molar-refractivity contribution in [2.75, 3.05) is 26.7 Å². The van der Waals surface area contributed by atoms with Gasteiger partial charge >= 0.3 is 0 Å². The molecule has 0 aliphatic carbocycles. The Morgan fingerprint density at radius 2 is 1.97 bits per heavy atom. The van der Waals surface area contributed by atoms with Crippen molar-refractivity contribution in [3.63, 3.8) is 0 Å². The Kier molecular flexibility index (Phi) is 6.53. The minimum absolute atomic E-state index is 0.0909. The molecule has 0 spiro atoms. The monoisotopic (exact) mass is 408 g/mol. The van der Waals surface area contributed by atoms with Crippen molar-refractivity contribution in [1.29, 1.82) is 0 Å². The van der Waals surface area contributed by atoms with Gasteiger partial charge in [0.25, 0.3) is 0 Å². The van der Waals surface area contributed by atoms with Crippen LogP contribution in [0.3, 0.4) is 0 Å². The van der Waals surface area contributed by atoms with Crippen molar-refractivity contribution in [3.05, 3.63) is 59.9 Å². The van der Waals surface area contributed by atoms with Crippen LogP contribution in [0.2, 0.25) is 0 Å². The average molecular weight is 409 g/mol. The smallest absolute Gasteiger partial charge is 0.226 e. The predicted octanol–water partition coefficient (Wildman–Crippen LogP) is 3.25. The first-order valence-electron chi connectivity index (χ1n) is 10.9. The topological polar surface area (TPSA) is 50.6 Å². The van der Waals surface area contributed by atoms with Gasteiger partial charge in [0.1, 0.15) is 5.75 Å². The highest BCUT2D eigenvalue weighted by Gasteiger charge is 2.34. The molecule has 0 saturated carbocycles. The van der Waals surface area contributed by atoms with Gasteiger partial charge in [0.05, 0.1) is 12.8 Å². The number of aromatic nitrogens is 2. The van der Waals surface area contributed by atoms with Gasteiger partial charge in [0.15, 0.2) is 0 Å². The van der Waals surface area contributed by atoms with E-state index in [9.17, 15) is 4.79 Å². The van der Waals surface area contributed by atoms with Crippen LogP contribution in [-0.4, -0.2) is 52.2 Å². The number of hydrogen-bond donors (Lipinski definition) is 0. The number of allylic oxidation sites excluding steroid dienone is 1. The number of carbonyl (C=O) groups excluding carboxylic acids is 1. The van der Waals surface area contributed by atoms with Crippen molar-refractivity contribution in [2.24, 2.45) is 18.9 Å². The van der Waals surface area contributed by atoms with Crippen LogP contribution < -0.4 is 4.74 Å². The first kappa shape index (κ1) is 20.7. The number of ether oxygens (including phenoxy) is 1. The number of aryl methyl sites for hydroxylation is 1. The third-order valence-electron chi connectivity index (χ3n) is 6.53. The Morgan fingerprint density at radius 1 is 1.13 bits per heavy atom. The zero-order valence-electron chi connectivity index (χ0n) is 18.0. The Morgan fingerprint density at radius 3 is 2.70 bits per heavy atom. The molecule has 1 amide bonds. The predicted molar refractivity (Wildman–Crippen MR) is 117 cm³/mol. The summed E-state index contributed by atoms with van der Waals surface area (Å²) >= 11 is 0. The Bertz CT molecular complexity index is 883. The summed E-state index contributed by atoms with van der Waals surface area (Å²) in [4.78, 5) is 17.9. The summed E-state index contributed by atoms with van der Waals surface area (Å²) in [5.74, 6) is 1.68. The summed E-state index contributed by atoms with van der Waals surface area (Å²) < 4.78 is 7.29. The molecule has 30 heavy (non-hydrogen) atoms. The molecule has 2 aromatic rings. The molecular weight excluding hydrogens is 376 g/mol. The van der Waals surface area contributed by atoms with Gasteiger partial charge in [-0.05, 0) is 62.0 Å². The molecular formula is C24H32N4O2. The molecule has 4 rings (SSSR count). The highest BCUT2D eigenvalue weighted by molar-refractivity contribution is 5.80. The van der Waals surface area contributed by atoms with E-state index in [1.54, 1.807) is 7.11 Å². The van der Waals surface area contributed by atoms with Crippen molar-refractivity contribution in [3.8, 4) is 5.75 Å². The average Bonchev–Trinajstić information content (AvgIpc) is 3.08. The maximum atomic E-state index is 13.4. The first-order valence-corrected chi connectivity index (χ1v) is 10.9.